The van der Waals surface area contributed by atoms with Gasteiger partial charge in [0.15, 0.2) is 0 Å². The summed E-state index contributed by atoms with van der Waals surface area (Å²) >= 11 is 3.45. The number of nitrogens with zero attached hydrogens (tertiary/aromatic N) is 1. The van der Waals surface area contributed by atoms with Gasteiger partial charge < -0.3 is 10.5 Å². The summed E-state index contributed by atoms with van der Waals surface area (Å²) in [5, 5.41) is 0. The maximum atomic E-state index is 6.06. The third-order valence-electron chi connectivity index (χ3n) is 2.88. The largest absolute Gasteiger partial charge is 0.484 e. The van der Waals surface area contributed by atoms with Gasteiger partial charge in [-0.05, 0) is 43.7 Å². The second kappa shape index (κ2) is 6.17. The maximum absolute atomic E-state index is 6.06. The van der Waals surface area contributed by atoms with Crippen LogP contribution in [0.5, 0.6) is 5.75 Å². The molecular formula is C15H17BrN2O. The Morgan fingerprint density at radius 1 is 1.32 bits per heavy atom. The molecule has 0 fully saturated rings. The molecule has 0 spiro atoms. The number of pyridine rings is 1. The Balaban J connectivity index is 2.27. The van der Waals surface area contributed by atoms with Gasteiger partial charge in [0.1, 0.15) is 11.9 Å². The minimum atomic E-state index is -0.200. The number of ether oxygens (including phenoxy) is 1. The Morgan fingerprint density at radius 3 is 2.68 bits per heavy atom. The normalized spacial score (nSPS) is 13.9. The van der Waals surface area contributed by atoms with Crippen molar-refractivity contribution in [1.29, 1.82) is 0 Å². The van der Waals surface area contributed by atoms with Crippen LogP contribution in [0, 0.1) is 6.92 Å². The second-order valence-corrected chi connectivity index (χ2v) is 5.51. The van der Waals surface area contributed by atoms with Crippen LogP contribution < -0.4 is 10.5 Å². The number of hydrogen-bond acceptors (Lipinski definition) is 3. The molecule has 3 nitrogen and oxygen atoms in total. The Bertz CT molecular complexity index is 543. The van der Waals surface area contributed by atoms with E-state index >= 15 is 0 Å². The van der Waals surface area contributed by atoms with Crippen molar-refractivity contribution in [3.05, 3.63) is 58.3 Å². The van der Waals surface area contributed by atoms with Gasteiger partial charge in [0, 0.05) is 28.5 Å². The van der Waals surface area contributed by atoms with Crippen LogP contribution in [0.2, 0.25) is 0 Å². The summed E-state index contributed by atoms with van der Waals surface area (Å²) in [4.78, 5) is 4.12. The first kappa shape index (κ1) is 14.0. The summed E-state index contributed by atoms with van der Waals surface area (Å²) in [5.74, 6) is 0.842. The molecule has 0 aliphatic heterocycles. The summed E-state index contributed by atoms with van der Waals surface area (Å²) < 4.78 is 7.10. The molecule has 0 aliphatic carbocycles. The lowest BCUT2D eigenvalue weighted by molar-refractivity contribution is 0.179. The van der Waals surface area contributed by atoms with Crippen LogP contribution in [0.4, 0.5) is 0 Å². The molecule has 4 heteroatoms. The number of rotatable bonds is 4. The highest BCUT2D eigenvalue weighted by Crippen LogP contribution is 2.28. The van der Waals surface area contributed by atoms with Crippen molar-refractivity contribution in [2.45, 2.75) is 26.0 Å². The summed E-state index contributed by atoms with van der Waals surface area (Å²) in [7, 11) is 0. The third-order valence-corrected chi connectivity index (χ3v) is 3.37. The van der Waals surface area contributed by atoms with Crippen molar-refractivity contribution >= 4 is 15.9 Å². The summed E-state index contributed by atoms with van der Waals surface area (Å²) in [6, 6.07) is 9.69. The van der Waals surface area contributed by atoms with Gasteiger partial charge in [-0.1, -0.05) is 22.0 Å². The number of aryl methyl sites for hydroxylation is 1. The maximum Gasteiger partial charge on any atom is 0.140 e. The van der Waals surface area contributed by atoms with Gasteiger partial charge in [0.25, 0.3) is 0 Å². The number of aromatic nitrogens is 1. The topological polar surface area (TPSA) is 48.1 Å². The van der Waals surface area contributed by atoms with E-state index in [0.29, 0.717) is 0 Å². The van der Waals surface area contributed by atoms with E-state index in [9.17, 15) is 0 Å². The van der Waals surface area contributed by atoms with Gasteiger partial charge in [-0.15, -0.1) is 0 Å². The van der Waals surface area contributed by atoms with Crippen LogP contribution in [0.3, 0.4) is 0 Å². The standard InChI is InChI=1S/C15H17BrN2O/c1-10-8-13(16)5-6-14(10)19-15(11(2)17)12-4-3-7-18-9-12/h3-9,11,15H,17H2,1-2H3. The number of nitrogens with two attached hydrogens (primary N) is 1. The third kappa shape index (κ3) is 3.55. The summed E-state index contributed by atoms with van der Waals surface area (Å²) in [5.41, 5.74) is 8.09. The molecule has 0 saturated heterocycles. The monoisotopic (exact) mass is 320 g/mol. The molecule has 2 N–H and O–H groups in total. The van der Waals surface area contributed by atoms with E-state index in [2.05, 4.69) is 20.9 Å². The van der Waals surface area contributed by atoms with Crippen molar-refractivity contribution in [3.63, 3.8) is 0 Å². The van der Waals surface area contributed by atoms with Crippen LogP contribution in [0.15, 0.2) is 47.2 Å². The Kier molecular flexibility index (Phi) is 4.56. The Morgan fingerprint density at radius 2 is 2.11 bits per heavy atom. The molecule has 19 heavy (non-hydrogen) atoms. The predicted molar refractivity (Wildman–Crippen MR) is 80.1 cm³/mol. The van der Waals surface area contributed by atoms with E-state index < -0.39 is 0 Å². The molecule has 1 aromatic heterocycles. The molecule has 2 atom stereocenters. The fraction of sp³-hybridized carbons (Fsp3) is 0.267. The van der Waals surface area contributed by atoms with E-state index in [-0.39, 0.29) is 12.1 Å². The summed E-state index contributed by atoms with van der Waals surface area (Å²) in [6.07, 6.45) is 3.34. The lowest BCUT2D eigenvalue weighted by atomic mass is 10.1. The van der Waals surface area contributed by atoms with Crippen LogP contribution in [0.25, 0.3) is 0 Å². The van der Waals surface area contributed by atoms with Gasteiger partial charge in [-0.2, -0.15) is 0 Å². The molecule has 0 radical (unpaired) electrons. The van der Waals surface area contributed by atoms with Crippen molar-refractivity contribution in [3.8, 4) is 5.75 Å². The molecule has 100 valence electrons. The van der Waals surface area contributed by atoms with Crippen molar-refractivity contribution in [2.24, 2.45) is 5.73 Å². The second-order valence-electron chi connectivity index (χ2n) is 4.59. The van der Waals surface area contributed by atoms with E-state index in [0.717, 1.165) is 21.3 Å². The number of halogens is 1. The molecule has 0 amide bonds. The zero-order valence-electron chi connectivity index (χ0n) is 11.0. The highest BCUT2D eigenvalue weighted by molar-refractivity contribution is 9.10. The number of benzene rings is 1. The van der Waals surface area contributed by atoms with E-state index in [4.69, 9.17) is 10.5 Å². The molecule has 2 unspecified atom stereocenters. The minimum absolute atomic E-state index is 0.118. The zero-order chi connectivity index (χ0) is 13.8. The molecule has 0 aliphatic rings. The quantitative estimate of drug-likeness (QED) is 0.936. The fourth-order valence-electron chi connectivity index (χ4n) is 1.91. The average molecular weight is 321 g/mol. The van der Waals surface area contributed by atoms with E-state index in [1.165, 1.54) is 0 Å². The smallest absolute Gasteiger partial charge is 0.140 e. The lowest BCUT2D eigenvalue weighted by Gasteiger charge is -2.23. The predicted octanol–water partition coefficient (Wildman–Crippen LogP) is 3.62. The molecule has 2 rings (SSSR count). The highest BCUT2D eigenvalue weighted by atomic mass is 79.9. The van der Waals surface area contributed by atoms with Gasteiger partial charge in [-0.25, -0.2) is 0 Å². The average Bonchev–Trinajstić information content (AvgIpc) is 2.38. The van der Waals surface area contributed by atoms with Gasteiger partial charge in [-0.3, -0.25) is 4.98 Å². The van der Waals surface area contributed by atoms with Gasteiger partial charge in [0.05, 0.1) is 0 Å². The van der Waals surface area contributed by atoms with Gasteiger partial charge in [0.2, 0.25) is 0 Å². The first-order valence-electron chi connectivity index (χ1n) is 6.16. The summed E-state index contributed by atoms with van der Waals surface area (Å²) in [6.45, 7) is 3.95. The van der Waals surface area contributed by atoms with Crippen LogP contribution in [0.1, 0.15) is 24.2 Å². The Labute approximate surface area is 121 Å². The van der Waals surface area contributed by atoms with Crippen LogP contribution in [-0.2, 0) is 0 Å². The molecule has 1 heterocycles. The fourth-order valence-corrected chi connectivity index (χ4v) is 2.38. The molecular weight excluding hydrogens is 304 g/mol. The van der Waals surface area contributed by atoms with Crippen molar-refractivity contribution < 1.29 is 4.74 Å². The van der Waals surface area contributed by atoms with Crippen LogP contribution in [-0.4, -0.2) is 11.0 Å². The first-order chi connectivity index (χ1) is 9.08. The molecule has 1 aromatic carbocycles. The van der Waals surface area contributed by atoms with Crippen molar-refractivity contribution in [2.75, 3.05) is 0 Å². The Hall–Kier alpha value is -1.39. The van der Waals surface area contributed by atoms with E-state index in [1.54, 1.807) is 12.4 Å². The van der Waals surface area contributed by atoms with E-state index in [1.807, 2.05) is 44.2 Å². The molecule has 0 bridgehead atoms. The van der Waals surface area contributed by atoms with Crippen LogP contribution >= 0.6 is 15.9 Å². The minimum Gasteiger partial charge on any atom is -0.484 e. The van der Waals surface area contributed by atoms with Crippen molar-refractivity contribution in [1.82, 2.24) is 4.98 Å². The molecule has 0 saturated carbocycles. The zero-order valence-corrected chi connectivity index (χ0v) is 12.6. The highest BCUT2D eigenvalue weighted by Gasteiger charge is 2.19. The lowest BCUT2D eigenvalue weighted by Crippen LogP contribution is -2.29. The van der Waals surface area contributed by atoms with Gasteiger partial charge >= 0.3 is 0 Å². The number of hydrogen-bond donors (Lipinski definition) is 1. The SMILES string of the molecule is Cc1cc(Br)ccc1OC(c1cccnc1)C(C)N. The first-order valence-corrected chi connectivity index (χ1v) is 6.95. The molecule has 2 aromatic rings.